The first-order chi connectivity index (χ1) is 8.59. The van der Waals surface area contributed by atoms with Gasteiger partial charge in [-0.2, -0.15) is 0 Å². The first-order valence-corrected chi connectivity index (χ1v) is 8.84. The SMILES string of the molecule is C[C@H](CCN[C@@H]1CCc2c(Br)cccc21)[S@](C)=O. The Morgan fingerprint density at radius 3 is 3.06 bits per heavy atom. The van der Waals surface area contributed by atoms with Crippen LogP contribution in [0, 0.1) is 0 Å². The second kappa shape index (κ2) is 6.31. The Balaban J connectivity index is 1.90. The maximum absolute atomic E-state index is 11.3. The van der Waals surface area contributed by atoms with Gasteiger partial charge in [0.15, 0.2) is 0 Å². The maximum Gasteiger partial charge on any atom is 0.0329 e. The van der Waals surface area contributed by atoms with E-state index in [2.05, 4.69) is 46.4 Å². The number of rotatable bonds is 5. The highest BCUT2D eigenvalue weighted by Gasteiger charge is 2.23. The average molecular weight is 330 g/mol. The van der Waals surface area contributed by atoms with Gasteiger partial charge in [-0.05, 0) is 43.0 Å². The largest absolute Gasteiger partial charge is 0.310 e. The molecule has 2 rings (SSSR count). The van der Waals surface area contributed by atoms with Crippen LogP contribution in [0.1, 0.15) is 36.9 Å². The molecule has 2 nitrogen and oxygen atoms in total. The Hall–Kier alpha value is -0.190. The molecule has 0 fully saturated rings. The molecule has 4 heteroatoms. The van der Waals surface area contributed by atoms with Crippen LogP contribution < -0.4 is 5.32 Å². The second-order valence-electron chi connectivity index (χ2n) is 4.95. The van der Waals surface area contributed by atoms with Gasteiger partial charge in [0.05, 0.1) is 0 Å². The fraction of sp³-hybridized carbons (Fsp3) is 0.571. The maximum atomic E-state index is 11.3. The van der Waals surface area contributed by atoms with Crippen LogP contribution in [0.2, 0.25) is 0 Å². The molecular weight excluding hydrogens is 310 g/mol. The molecule has 0 bridgehead atoms. The highest BCUT2D eigenvalue weighted by Crippen LogP contribution is 2.35. The quantitative estimate of drug-likeness (QED) is 0.898. The van der Waals surface area contributed by atoms with Gasteiger partial charge in [-0.3, -0.25) is 4.21 Å². The first-order valence-electron chi connectivity index (χ1n) is 6.42. The van der Waals surface area contributed by atoms with Gasteiger partial charge in [-0.25, -0.2) is 0 Å². The van der Waals surface area contributed by atoms with Crippen LogP contribution >= 0.6 is 15.9 Å². The molecule has 0 aromatic heterocycles. The van der Waals surface area contributed by atoms with Crippen LogP contribution in [0.5, 0.6) is 0 Å². The van der Waals surface area contributed by atoms with E-state index in [-0.39, 0.29) is 5.25 Å². The number of benzene rings is 1. The summed E-state index contributed by atoms with van der Waals surface area (Å²) in [4.78, 5) is 0. The third-order valence-electron chi connectivity index (χ3n) is 3.72. The zero-order valence-corrected chi connectivity index (χ0v) is 13.3. The molecule has 0 heterocycles. The minimum Gasteiger partial charge on any atom is -0.310 e. The summed E-state index contributed by atoms with van der Waals surface area (Å²) < 4.78 is 12.5. The van der Waals surface area contributed by atoms with Gasteiger partial charge >= 0.3 is 0 Å². The van der Waals surface area contributed by atoms with Crippen molar-refractivity contribution < 1.29 is 4.21 Å². The molecule has 0 aliphatic heterocycles. The van der Waals surface area contributed by atoms with E-state index in [1.54, 1.807) is 6.26 Å². The molecule has 1 N–H and O–H groups in total. The number of halogens is 1. The minimum atomic E-state index is -0.710. The van der Waals surface area contributed by atoms with E-state index >= 15 is 0 Å². The Morgan fingerprint density at radius 2 is 2.33 bits per heavy atom. The fourth-order valence-corrected chi connectivity index (χ4v) is 3.48. The predicted molar refractivity (Wildman–Crippen MR) is 81.4 cm³/mol. The molecule has 1 aliphatic carbocycles. The summed E-state index contributed by atoms with van der Waals surface area (Å²) in [5, 5.41) is 3.87. The molecule has 3 atom stereocenters. The highest BCUT2D eigenvalue weighted by atomic mass is 79.9. The standard InChI is InChI=1S/C14H20BrNOS/c1-10(18(2)17)8-9-16-14-7-6-11-12(14)4-3-5-13(11)15/h3-5,10,14,16H,6-9H2,1-2H3/t10-,14-,18+/m1/s1. The molecule has 0 radical (unpaired) electrons. The van der Waals surface area contributed by atoms with Gasteiger partial charge in [0.2, 0.25) is 0 Å². The van der Waals surface area contributed by atoms with Crippen LogP contribution in [0.4, 0.5) is 0 Å². The molecule has 18 heavy (non-hydrogen) atoms. The Bertz CT molecular complexity index is 449. The summed E-state index contributed by atoms with van der Waals surface area (Å²) in [6, 6.07) is 6.90. The number of nitrogens with one attached hydrogen (secondary N) is 1. The van der Waals surface area contributed by atoms with Crippen molar-refractivity contribution in [2.45, 2.75) is 37.5 Å². The van der Waals surface area contributed by atoms with Crippen LogP contribution in [-0.2, 0) is 17.2 Å². The molecule has 1 aromatic carbocycles. The van der Waals surface area contributed by atoms with Crippen molar-refractivity contribution in [3.63, 3.8) is 0 Å². The Morgan fingerprint density at radius 1 is 1.56 bits per heavy atom. The molecule has 0 spiro atoms. The lowest BCUT2D eigenvalue weighted by Crippen LogP contribution is -2.24. The zero-order valence-electron chi connectivity index (χ0n) is 10.9. The summed E-state index contributed by atoms with van der Waals surface area (Å²) in [5.41, 5.74) is 2.87. The van der Waals surface area contributed by atoms with Gasteiger partial charge in [0, 0.05) is 32.8 Å². The zero-order chi connectivity index (χ0) is 13.1. The summed E-state index contributed by atoms with van der Waals surface area (Å²) in [5.74, 6) is 0. The normalized spacial score (nSPS) is 21.6. The summed E-state index contributed by atoms with van der Waals surface area (Å²) in [6.07, 6.45) is 5.07. The van der Waals surface area contributed by atoms with Crippen molar-refractivity contribution in [3.8, 4) is 0 Å². The lowest BCUT2D eigenvalue weighted by atomic mass is 10.1. The first kappa shape index (κ1) is 14.2. The van der Waals surface area contributed by atoms with Crippen molar-refractivity contribution in [2.24, 2.45) is 0 Å². The van der Waals surface area contributed by atoms with Gasteiger partial charge in [-0.1, -0.05) is 35.0 Å². The van der Waals surface area contributed by atoms with Crippen molar-refractivity contribution in [1.82, 2.24) is 5.32 Å². The average Bonchev–Trinajstić information content (AvgIpc) is 2.74. The molecule has 0 amide bonds. The van der Waals surface area contributed by atoms with Crippen molar-refractivity contribution in [1.29, 1.82) is 0 Å². The minimum absolute atomic E-state index is 0.279. The van der Waals surface area contributed by atoms with Crippen molar-refractivity contribution >= 4 is 26.7 Å². The van der Waals surface area contributed by atoms with Gasteiger partial charge in [0.25, 0.3) is 0 Å². The van der Waals surface area contributed by atoms with E-state index in [9.17, 15) is 4.21 Å². The number of hydrogen-bond donors (Lipinski definition) is 1. The summed E-state index contributed by atoms with van der Waals surface area (Å²) in [6.45, 7) is 2.99. The van der Waals surface area contributed by atoms with E-state index in [1.165, 1.54) is 22.0 Å². The third kappa shape index (κ3) is 3.22. The van der Waals surface area contributed by atoms with E-state index in [4.69, 9.17) is 0 Å². The smallest absolute Gasteiger partial charge is 0.0329 e. The molecule has 0 saturated carbocycles. The molecule has 1 aromatic rings. The monoisotopic (exact) mass is 329 g/mol. The Labute approximate surface area is 120 Å². The molecular formula is C14H20BrNOS. The molecule has 0 unspecified atom stereocenters. The van der Waals surface area contributed by atoms with E-state index < -0.39 is 10.8 Å². The number of fused-ring (bicyclic) bond motifs is 1. The topological polar surface area (TPSA) is 29.1 Å². The van der Waals surface area contributed by atoms with Crippen LogP contribution in [0.25, 0.3) is 0 Å². The Kier molecular flexibility index (Phi) is 4.98. The van der Waals surface area contributed by atoms with E-state index in [0.717, 1.165) is 19.4 Å². The molecule has 0 saturated heterocycles. The van der Waals surface area contributed by atoms with Crippen LogP contribution in [0.15, 0.2) is 22.7 Å². The lowest BCUT2D eigenvalue weighted by molar-refractivity contribution is 0.518. The van der Waals surface area contributed by atoms with Gasteiger partial charge < -0.3 is 5.32 Å². The highest BCUT2D eigenvalue weighted by molar-refractivity contribution is 9.10. The van der Waals surface area contributed by atoms with Crippen molar-refractivity contribution in [2.75, 3.05) is 12.8 Å². The summed E-state index contributed by atoms with van der Waals surface area (Å²) >= 11 is 3.62. The molecule has 1 aliphatic rings. The van der Waals surface area contributed by atoms with Gasteiger partial charge in [-0.15, -0.1) is 0 Å². The second-order valence-corrected chi connectivity index (χ2v) is 7.61. The predicted octanol–water partition coefficient (Wildman–Crippen LogP) is 3.18. The molecule has 100 valence electrons. The van der Waals surface area contributed by atoms with Crippen LogP contribution in [0.3, 0.4) is 0 Å². The summed E-state index contributed by atoms with van der Waals surface area (Å²) in [7, 11) is -0.710. The lowest BCUT2D eigenvalue weighted by Gasteiger charge is -2.15. The van der Waals surface area contributed by atoms with E-state index in [0.29, 0.717) is 6.04 Å². The third-order valence-corrected chi connectivity index (χ3v) is 5.83. The fourth-order valence-electron chi connectivity index (χ4n) is 2.45. The van der Waals surface area contributed by atoms with Crippen LogP contribution in [-0.4, -0.2) is 22.3 Å². The number of hydrogen-bond acceptors (Lipinski definition) is 2. The van der Waals surface area contributed by atoms with E-state index in [1.807, 2.05) is 0 Å². The van der Waals surface area contributed by atoms with Crippen molar-refractivity contribution in [3.05, 3.63) is 33.8 Å². The van der Waals surface area contributed by atoms with Gasteiger partial charge in [0.1, 0.15) is 0 Å².